The van der Waals surface area contributed by atoms with Gasteiger partial charge in [0.1, 0.15) is 0 Å². The Kier molecular flexibility index (Phi) is 4.14. The third-order valence-corrected chi connectivity index (χ3v) is 4.05. The molecule has 0 amide bonds. The smallest absolute Gasteiger partial charge is 0.0795 e. The maximum absolute atomic E-state index is 4.37. The van der Waals surface area contributed by atoms with Crippen molar-refractivity contribution in [2.45, 2.75) is 26.4 Å². The highest BCUT2D eigenvalue weighted by Crippen LogP contribution is 2.19. The predicted molar refractivity (Wildman–Crippen MR) is 85.2 cm³/mol. The van der Waals surface area contributed by atoms with Crippen LogP contribution < -0.4 is 5.32 Å². The van der Waals surface area contributed by atoms with Crippen molar-refractivity contribution in [3.8, 4) is 0 Å². The summed E-state index contributed by atoms with van der Waals surface area (Å²) in [5.41, 5.74) is 5.64. The molecule has 1 N–H and O–H groups in total. The van der Waals surface area contributed by atoms with Crippen molar-refractivity contribution < 1.29 is 0 Å². The largest absolute Gasteiger partial charge is 0.341 e. The summed E-state index contributed by atoms with van der Waals surface area (Å²) in [5, 5.41) is 6.85. The van der Waals surface area contributed by atoms with Gasteiger partial charge in [0.05, 0.1) is 17.7 Å². The summed E-state index contributed by atoms with van der Waals surface area (Å²) in [6, 6.07) is 8.86. The summed E-state index contributed by atoms with van der Waals surface area (Å²) in [4.78, 5) is 4.37. The lowest BCUT2D eigenvalue weighted by Crippen LogP contribution is -2.13. The number of nitrogens with zero attached hydrogens (tertiary/aromatic N) is 2. The monoisotopic (exact) mass is 285 g/mol. The van der Waals surface area contributed by atoms with Crippen LogP contribution in [0.5, 0.6) is 0 Å². The molecule has 3 nitrogen and oxygen atoms in total. The van der Waals surface area contributed by atoms with Gasteiger partial charge in [-0.25, -0.2) is 4.98 Å². The molecule has 20 heavy (non-hydrogen) atoms. The molecule has 0 saturated carbocycles. The molecule has 0 aliphatic carbocycles. The van der Waals surface area contributed by atoms with Gasteiger partial charge in [0.15, 0.2) is 0 Å². The standard InChI is InChI=1S/C16H19N3S/c1-2-6-17-9-13-3-4-14-5-7-19(16(14)8-13)10-15-11-20-12-18-15/h3-5,7-8,11-12,17H,2,6,9-10H2,1H3. The van der Waals surface area contributed by atoms with E-state index in [1.807, 2.05) is 5.51 Å². The van der Waals surface area contributed by atoms with Gasteiger partial charge in [-0.1, -0.05) is 19.1 Å². The normalized spacial score (nSPS) is 11.2. The van der Waals surface area contributed by atoms with E-state index >= 15 is 0 Å². The second kappa shape index (κ2) is 6.20. The average molecular weight is 285 g/mol. The minimum absolute atomic E-state index is 0.846. The number of benzene rings is 1. The van der Waals surface area contributed by atoms with E-state index in [4.69, 9.17) is 0 Å². The van der Waals surface area contributed by atoms with E-state index in [1.54, 1.807) is 11.3 Å². The Labute approximate surface area is 123 Å². The van der Waals surface area contributed by atoms with Crippen molar-refractivity contribution in [2.24, 2.45) is 0 Å². The molecule has 4 heteroatoms. The Morgan fingerprint density at radius 1 is 1.30 bits per heavy atom. The molecule has 3 aromatic rings. The highest BCUT2D eigenvalue weighted by atomic mass is 32.1. The zero-order valence-corrected chi connectivity index (χ0v) is 12.5. The Bertz CT molecular complexity index is 670. The number of nitrogens with one attached hydrogen (secondary N) is 1. The Hall–Kier alpha value is -1.65. The van der Waals surface area contributed by atoms with E-state index in [2.05, 4.69) is 57.6 Å². The van der Waals surface area contributed by atoms with Crippen LogP contribution in [0.2, 0.25) is 0 Å². The number of aromatic nitrogens is 2. The van der Waals surface area contributed by atoms with Gasteiger partial charge in [0, 0.05) is 23.6 Å². The number of hydrogen-bond donors (Lipinski definition) is 1. The van der Waals surface area contributed by atoms with Gasteiger partial charge in [0.25, 0.3) is 0 Å². The topological polar surface area (TPSA) is 29.9 Å². The van der Waals surface area contributed by atoms with Gasteiger partial charge >= 0.3 is 0 Å². The molecule has 0 fully saturated rings. The number of thiazole rings is 1. The molecular formula is C16H19N3S. The van der Waals surface area contributed by atoms with Gasteiger partial charge in [-0.15, -0.1) is 11.3 Å². The molecule has 0 unspecified atom stereocenters. The number of fused-ring (bicyclic) bond motifs is 1. The van der Waals surface area contributed by atoms with E-state index in [1.165, 1.54) is 22.9 Å². The van der Waals surface area contributed by atoms with Crippen LogP contribution in [-0.2, 0) is 13.1 Å². The zero-order chi connectivity index (χ0) is 13.8. The van der Waals surface area contributed by atoms with Crippen LogP contribution in [0, 0.1) is 0 Å². The predicted octanol–water partition coefficient (Wildman–Crippen LogP) is 3.65. The van der Waals surface area contributed by atoms with Crippen molar-refractivity contribution in [2.75, 3.05) is 6.54 Å². The summed E-state index contributed by atoms with van der Waals surface area (Å²) in [5.74, 6) is 0. The van der Waals surface area contributed by atoms with Crippen molar-refractivity contribution in [1.82, 2.24) is 14.9 Å². The molecule has 0 radical (unpaired) electrons. The fourth-order valence-electron chi connectivity index (χ4n) is 2.38. The molecule has 3 rings (SSSR count). The van der Waals surface area contributed by atoms with Crippen molar-refractivity contribution in [3.05, 3.63) is 52.6 Å². The lowest BCUT2D eigenvalue weighted by molar-refractivity contribution is 0.675. The van der Waals surface area contributed by atoms with E-state index in [-0.39, 0.29) is 0 Å². The van der Waals surface area contributed by atoms with Crippen LogP contribution in [0.3, 0.4) is 0 Å². The molecule has 1 aromatic carbocycles. The van der Waals surface area contributed by atoms with E-state index in [0.29, 0.717) is 0 Å². The van der Waals surface area contributed by atoms with Gasteiger partial charge in [-0.05, 0) is 36.0 Å². The first-order valence-electron chi connectivity index (χ1n) is 7.02. The van der Waals surface area contributed by atoms with Crippen molar-refractivity contribution >= 4 is 22.2 Å². The van der Waals surface area contributed by atoms with Gasteiger partial charge in [0.2, 0.25) is 0 Å². The lowest BCUT2D eigenvalue weighted by atomic mass is 10.1. The van der Waals surface area contributed by atoms with Gasteiger partial charge in [-0.2, -0.15) is 0 Å². The van der Waals surface area contributed by atoms with E-state index < -0.39 is 0 Å². The molecule has 0 atom stereocenters. The SMILES string of the molecule is CCCNCc1ccc2ccn(Cc3cscn3)c2c1. The Balaban J connectivity index is 1.83. The molecule has 0 bridgehead atoms. The van der Waals surface area contributed by atoms with Crippen LogP contribution in [0.1, 0.15) is 24.6 Å². The number of hydrogen-bond acceptors (Lipinski definition) is 3. The van der Waals surface area contributed by atoms with Crippen LogP contribution >= 0.6 is 11.3 Å². The molecule has 2 heterocycles. The Morgan fingerprint density at radius 3 is 3.05 bits per heavy atom. The zero-order valence-electron chi connectivity index (χ0n) is 11.7. The summed E-state index contributed by atoms with van der Waals surface area (Å²) in [6.07, 6.45) is 3.32. The second-order valence-corrected chi connectivity index (χ2v) is 5.71. The third kappa shape index (κ3) is 2.92. The van der Waals surface area contributed by atoms with E-state index in [0.717, 1.165) is 25.3 Å². The first-order chi connectivity index (χ1) is 9.86. The highest BCUT2D eigenvalue weighted by Gasteiger charge is 2.04. The lowest BCUT2D eigenvalue weighted by Gasteiger charge is -2.06. The minimum atomic E-state index is 0.846. The van der Waals surface area contributed by atoms with Crippen LogP contribution in [0.4, 0.5) is 0 Å². The van der Waals surface area contributed by atoms with Crippen LogP contribution in [-0.4, -0.2) is 16.1 Å². The third-order valence-electron chi connectivity index (χ3n) is 3.41. The van der Waals surface area contributed by atoms with Crippen molar-refractivity contribution in [1.29, 1.82) is 0 Å². The fourth-order valence-corrected chi connectivity index (χ4v) is 2.93. The highest BCUT2D eigenvalue weighted by molar-refractivity contribution is 7.07. The van der Waals surface area contributed by atoms with Crippen LogP contribution in [0.25, 0.3) is 10.9 Å². The van der Waals surface area contributed by atoms with Crippen molar-refractivity contribution in [3.63, 3.8) is 0 Å². The minimum Gasteiger partial charge on any atom is -0.341 e. The molecule has 0 aliphatic heterocycles. The summed E-state index contributed by atoms with van der Waals surface area (Å²) in [7, 11) is 0. The summed E-state index contributed by atoms with van der Waals surface area (Å²) < 4.78 is 2.27. The van der Waals surface area contributed by atoms with Crippen LogP contribution in [0.15, 0.2) is 41.4 Å². The quantitative estimate of drug-likeness (QED) is 0.701. The molecule has 0 saturated heterocycles. The average Bonchev–Trinajstić information content (AvgIpc) is 3.10. The Morgan fingerprint density at radius 2 is 2.25 bits per heavy atom. The molecule has 0 spiro atoms. The van der Waals surface area contributed by atoms with Gasteiger partial charge in [-0.3, -0.25) is 0 Å². The maximum atomic E-state index is 4.37. The summed E-state index contributed by atoms with van der Waals surface area (Å²) >= 11 is 1.65. The molecule has 2 aromatic heterocycles. The van der Waals surface area contributed by atoms with Gasteiger partial charge < -0.3 is 9.88 Å². The molecular weight excluding hydrogens is 266 g/mol. The maximum Gasteiger partial charge on any atom is 0.0795 e. The van der Waals surface area contributed by atoms with E-state index in [9.17, 15) is 0 Å². The molecule has 104 valence electrons. The second-order valence-electron chi connectivity index (χ2n) is 4.99. The molecule has 0 aliphatic rings. The number of rotatable bonds is 6. The first kappa shape index (κ1) is 13.3. The first-order valence-corrected chi connectivity index (χ1v) is 7.96. The summed E-state index contributed by atoms with van der Waals surface area (Å²) in [6.45, 7) is 5.04. The fraction of sp³-hybridized carbons (Fsp3) is 0.312.